The molecule has 6 heteroatoms. The highest BCUT2D eigenvalue weighted by atomic mass is 35.5. The van der Waals surface area contributed by atoms with Crippen molar-refractivity contribution in [2.24, 2.45) is 0 Å². The van der Waals surface area contributed by atoms with Gasteiger partial charge in [-0.2, -0.15) is 0 Å². The predicted molar refractivity (Wildman–Crippen MR) is 67.8 cm³/mol. The van der Waals surface area contributed by atoms with E-state index in [4.69, 9.17) is 16.3 Å². The van der Waals surface area contributed by atoms with Crippen molar-refractivity contribution in [2.75, 3.05) is 20.3 Å². The quantitative estimate of drug-likeness (QED) is 0.636. The first kappa shape index (κ1) is 14.4. The number of halogens is 1. The van der Waals surface area contributed by atoms with E-state index in [1.807, 2.05) is 6.07 Å². The maximum absolute atomic E-state index is 12.0. The molecule has 0 aliphatic heterocycles. The Morgan fingerprint density at radius 1 is 1.41 bits per heavy atom. The summed E-state index contributed by atoms with van der Waals surface area (Å²) in [6.45, 7) is 2.35. The van der Waals surface area contributed by atoms with Gasteiger partial charge in [-0.3, -0.25) is 0 Å². The van der Waals surface area contributed by atoms with Crippen LogP contribution in [0.3, 0.4) is 0 Å². The molecule has 0 radical (unpaired) electrons. The molecule has 0 atom stereocenters. The summed E-state index contributed by atoms with van der Waals surface area (Å²) in [5.74, 6) is 0.299. The number of rotatable bonds is 6. The second-order valence-electron chi connectivity index (χ2n) is 3.56. The van der Waals surface area contributed by atoms with Crippen LogP contribution in [0.1, 0.15) is 11.1 Å². The minimum Gasteiger partial charge on any atom is -0.383 e. The zero-order valence-electron chi connectivity index (χ0n) is 9.86. The molecule has 0 saturated carbocycles. The van der Waals surface area contributed by atoms with Crippen LogP contribution in [0.5, 0.6) is 0 Å². The Bertz CT molecular complexity index is 474. The topological polar surface area (TPSA) is 55.4 Å². The molecule has 0 aromatic heterocycles. The van der Waals surface area contributed by atoms with Crippen molar-refractivity contribution in [3.63, 3.8) is 0 Å². The van der Waals surface area contributed by atoms with Crippen molar-refractivity contribution in [2.45, 2.75) is 17.7 Å². The molecule has 1 aromatic carbocycles. The van der Waals surface area contributed by atoms with E-state index in [2.05, 4.69) is 4.72 Å². The lowest BCUT2D eigenvalue weighted by atomic mass is 10.1. The van der Waals surface area contributed by atoms with Crippen molar-refractivity contribution in [3.05, 3.63) is 29.3 Å². The summed E-state index contributed by atoms with van der Waals surface area (Å²) >= 11 is 5.75. The molecule has 0 bridgehead atoms. The van der Waals surface area contributed by atoms with Crippen molar-refractivity contribution in [3.8, 4) is 0 Å². The lowest BCUT2D eigenvalue weighted by Crippen LogP contribution is -2.27. The lowest BCUT2D eigenvalue weighted by molar-refractivity contribution is 0.204. The van der Waals surface area contributed by atoms with Crippen molar-refractivity contribution >= 4 is 21.6 Å². The minimum absolute atomic E-state index is 0.253. The van der Waals surface area contributed by atoms with Gasteiger partial charge in [0.05, 0.1) is 11.5 Å². The van der Waals surface area contributed by atoms with Gasteiger partial charge in [-0.15, -0.1) is 11.6 Å². The average Bonchev–Trinajstić information content (AvgIpc) is 2.29. The van der Waals surface area contributed by atoms with Crippen LogP contribution in [0.25, 0.3) is 0 Å². The van der Waals surface area contributed by atoms with Gasteiger partial charge >= 0.3 is 0 Å². The van der Waals surface area contributed by atoms with Gasteiger partial charge in [0.25, 0.3) is 0 Å². The third kappa shape index (κ3) is 3.67. The van der Waals surface area contributed by atoms with Crippen molar-refractivity contribution in [1.82, 2.24) is 4.72 Å². The number of benzene rings is 1. The van der Waals surface area contributed by atoms with Gasteiger partial charge in [-0.1, -0.05) is 12.1 Å². The number of nitrogens with one attached hydrogen (secondary N) is 1. The summed E-state index contributed by atoms with van der Waals surface area (Å²) in [5.41, 5.74) is 1.51. The number of hydrogen-bond donors (Lipinski definition) is 1. The van der Waals surface area contributed by atoms with Gasteiger partial charge in [0.2, 0.25) is 10.0 Å². The Labute approximate surface area is 107 Å². The largest absolute Gasteiger partial charge is 0.383 e. The summed E-state index contributed by atoms with van der Waals surface area (Å²) in [6.07, 6.45) is 0. The Hall–Kier alpha value is -0.620. The van der Waals surface area contributed by atoms with Gasteiger partial charge in [0.15, 0.2) is 0 Å². The molecule has 0 unspecified atom stereocenters. The first-order chi connectivity index (χ1) is 8.03. The van der Waals surface area contributed by atoms with Crippen molar-refractivity contribution < 1.29 is 13.2 Å². The Morgan fingerprint density at radius 2 is 2.12 bits per heavy atom. The second kappa shape index (κ2) is 6.35. The summed E-state index contributed by atoms with van der Waals surface area (Å²) in [7, 11) is -1.96. The number of sulfonamides is 1. The highest BCUT2D eigenvalue weighted by Crippen LogP contribution is 2.19. The van der Waals surface area contributed by atoms with E-state index in [9.17, 15) is 8.42 Å². The zero-order chi connectivity index (χ0) is 12.9. The van der Waals surface area contributed by atoms with Gasteiger partial charge < -0.3 is 4.74 Å². The molecule has 0 fully saturated rings. The maximum atomic E-state index is 12.0. The van der Waals surface area contributed by atoms with Crippen LogP contribution in [0.15, 0.2) is 23.1 Å². The van der Waals surface area contributed by atoms with Crippen LogP contribution in [0.4, 0.5) is 0 Å². The van der Waals surface area contributed by atoms with Crippen LogP contribution in [0, 0.1) is 6.92 Å². The highest BCUT2D eigenvalue weighted by Gasteiger charge is 2.17. The van der Waals surface area contributed by atoms with E-state index >= 15 is 0 Å². The first-order valence-electron chi connectivity index (χ1n) is 5.16. The molecule has 96 valence electrons. The molecule has 1 rings (SSSR count). The van der Waals surface area contributed by atoms with E-state index in [0.29, 0.717) is 18.1 Å². The normalized spacial score (nSPS) is 11.7. The summed E-state index contributed by atoms with van der Waals surface area (Å²) < 4.78 is 31.2. The molecule has 0 heterocycles. The lowest BCUT2D eigenvalue weighted by Gasteiger charge is -2.11. The summed E-state index contributed by atoms with van der Waals surface area (Å²) in [5, 5.41) is 0. The number of hydrogen-bond acceptors (Lipinski definition) is 3. The zero-order valence-corrected chi connectivity index (χ0v) is 11.4. The third-order valence-corrected chi connectivity index (χ3v) is 4.32. The fourth-order valence-corrected chi connectivity index (χ4v) is 3.04. The SMILES string of the molecule is COCCNS(=O)(=O)c1cccc(CCl)c1C. The molecule has 0 aliphatic carbocycles. The summed E-state index contributed by atoms with van der Waals surface area (Å²) in [4.78, 5) is 0.270. The number of ether oxygens (including phenoxy) is 1. The fourth-order valence-electron chi connectivity index (χ4n) is 1.45. The molecule has 1 N–H and O–H groups in total. The standard InChI is InChI=1S/C11H16ClNO3S/c1-9-10(8-12)4-3-5-11(9)17(14,15)13-6-7-16-2/h3-5,13H,6-8H2,1-2H3. The molecule has 0 amide bonds. The first-order valence-corrected chi connectivity index (χ1v) is 7.17. The molecular weight excluding hydrogens is 262 g/mol. The van der Waals surface area contributed by atoms with E-state index in [-0.39, 0.29) is 11.4 Å². The molecule has 4 nitrogen and oxygen atoms in total. The average molecular weight is 278 g/mol. The molecule has 0 spiro atoms. The molecule has 17 heavy (non-hydrogen) atoms. The number of alkyl halides is 1. The summed E-state index contributed by atoms with van der Waals surface area (Å²) in [6, 6.07) is 5.08. The maximum Gasteiger partial charge on any atom is 0.240 e. The molecular formula is C11H16ClNO3S. The highest BCUT2D eigenvalue weighted by molar-refractivity contribution is 7.89. The van der Waals surface area contributed by atoms with Crippen molar-refractivity contribution in [1.29, 1.82) is 0 Å². The van der Waals surface area contributed by atoms with E-state index in [1.165, 1.54) is 7.11 Å². The van der Waals surface area contributed by atoms with Gasteiger partial charge in [0.1, 0.15) is 0 Å². The molecule has 0 aliphatic rings. The van der Waals surface area contributed by atoms with Gasteiger partial charge in [0, 0.05) is 19.5 Å². The minimum atomic E-state index is -3.48. The van der Waals surface area contributed by atoms with Gasteiger partial charge in [-0.25, -0.2) is 13.1 Å². The smallest absolute Gasteiger partial charge is 0.240 e. The van der Waals surface area contributed by atoms with Crippen LogP contribution in [-0.2, 0) is 20.6 Å². The van der Waals surface area contributed by atoms with Gasteiger partial charge in [-0.05, 0) is 24.1 Å². The third-order valence-electron chi connectivity index (χ3n) is 2.43. The van der Waals surface area contributed by atoms with E-state index < -0.39 is 10.0 Å². The Morgan fingerprint density at radius 3 is 2.71 bits per heavy atom. The fraction of sp³-hybridized carbons (Fsp3) is 0.455. The van der Waals surface area contributed by atoms with Crippen LogP contribution in [0.2, 0.25) is 0 Å². The van der Waals surface area contributed by atoms with Crippen LogP contribution < -0.4 is 4.72 Å². The second-order valence-corrected chi connectivity index (χ2v) is 5.57. The van der Waals surface area contributed by atoms with Crippen LogP contribution in [-0.4, -0.2) is 28.7 Å². The van der Waals surface area contributed by atoms with E-state index in [1.54, 1.807) is 19.1 Å². The Kier molecular flexibility index (Phi) is 5.39. The monoisotopic (exact) mass is 277 g/mol. The Balaban J connectivity index is 2.99. The predicted octanol–water partition coefficient (Wildman–Crippen LogP) is 1.66. The number of methoxy groups -OCH3 is 1. The van der Waals surface area contributed by atoms with Crippen LogP contribution >= 0.6 is 11.6 Å². The van der Waals surface area contributed by atoms with E-state index in [0.717, 1.165) is 5.56 Å². The molecule has 1 aromatic rings. The molecule has 0 saturated heterocycles.